The molecule has 1 radical (unpaired) electrons. The monoisotopic (exact) mass is 181 g/mol. The molecule has 0 aliphatic rings. The summed E-state index contributed by atoms with van der Waals surface area (Å²) in [6, 6.07) is 0. The molecule has 0 amide bonds. The minimum Gasteiger partial charge on any atom is -0.156 e. The Morgan fingerprint density at radius 3 is 1.12 bits per heavy atom. The van der Waals surface area contributed by atoms with Crippen molar-refractivity contribution in [3.8, 4) is 0 Å². The maximum Gasteiger partial charge on any atom is 0 e. The Morgan fingerprint density at radius 2 is 1.12 bits per heavy atom. The molecule has 2 heteroatoms. The van der Waals surface area contributed by atoms with Gasteiger partial charge in [-0.1, -0.05) is 27.7 Å². The molecule has 55 valence electrons. The Kier molecular flexibility index (Phi) is 8.72. The van der Waals surface area contributed by atoms with Crippen LogP contribution in [0, 0.1) is 0 Å². The second kappa shape index (κ2) is 6.00. The third-order valence-corrected chi connectivity index (χ3v) is 1.63. The van der Waals surface area contributed by atoms with E-state index in [4.69, 9.17) is 0 Å². The first-order chi connectivity index (χ1) is 3.13. The second-order valence-electron chi connectivity index (χ2n) is 2.23. The zero-order valence-corrected chi connectivity index (χ0v) is 7.62. The topological polar surface area (TPSA) is 0 Å². The third kappa shape index (κ3) is 9.98. The van der Waals surface area contributed by atoms with Crippen LogP contribution < -0.4 is 0 Å². The molecule has 0 N–H and O–H groups in total. The smallest absolute Gasteiger partial charge is 0 e. The summed E-state index contributed by atoms with van der Waals surface area (Å²) < 4.78 is 0. The van der Waals surface area contributed by atoms with Gasteiger partial charge in [0.05, 0.1) is 0 Å². The first kappa shape index (κ1) is 11.6. The Hall–Kier alpha value is 0.869. The molecular weight excluding hydrogens is 168 g/mol. The molecular formula is C6H14CuS. The van der Waals surface area contributed by atoms with E-state index < -0.39 is 0 Å². The van der Waals surface area contributed by atoms with Gasteiger partial charge in [0.2, 0.25) is 0 Å². The van der Waals surface area contributed by atoms with Crippen LogP contribution in [0.25, 0.3) is 0 Å². The van der Waals surface area contributed by atoms with Gasteiger partial charge >= 0.3 is 0 Å². The van der Waals surface area contributed by atoms with Crippen molar-refractivity contribution in [1.82, 2.24) is 0 Å². The standard InChI is InChI=1S/C6H14S.Cu/c1-5(2)7-6(3)4;/h5-6H,1-4H3;. The van der Waals surface area contributed by atoms with Crippen LogP contribution in [-0.4, -0.2) is 10.5 Å². The van der Waals surface area contributed by atoms with Gasteiger partial charge < -0.3 is 0 Å². The van der Waals surface area contributed by atoms with Gasteiger partial charge in [0.15, 0.2) is 0 Å². The fourth-order valence-corrected chi connectivity index (χ4v) is 1.63. The van der Waals surface area contributed by atoms with Gasteiger partial charge in [-0.25, -0.2) is 0 Å². The van der Waals surface area contributed by atoms with Crippen molar-refractivity contribution in [2.75, 3.05) is 0 Å². The van der Waals surface area contributed by atoms with E-state index in [1.54, 1.807) is 0 Å². The molecule has 0 saturated heterocycles. The SMILES string of the molecule is CC(C)SC(C)C.[Cu]. The molecule has 0 unspecified atom stereocenters. The molecule has 0 aromatic rings. The molecule has 0 aromatic carbocycles. The van der Waals surface area contributed by atoms with E-state index in [1.165, 1.54) is 0 Å². The fourth-order valence-electron chi connectivity index (χ4n) is 0.544. The van der Waals surface area contributed by atoms with Gasteiger partial charge in [-0.2, -0.15) is 11.8 Å². The van der Waals surface area contributed by atoms with Crippen LogP contribution in [0.3, 0.4) is 0 Å². The Morgan fingerprint density at radius 1 is 0.875 bits per heavy atom. The minimum atomic E-state index is 0. The van der Waals surface area contributed by atoms with E-state index in [0.717, 1.165) is 10.5 Å². The van der Waals surface area contributed by atoms with Crippen LogP contribution in [0.5, 0.6) is 0 Å². The maximum atomic E-state index is 2.23. The average Bonchev–Trinajstić information content (AvgIpc) is 1.27. The van der Waals surface area contributed by atoms with Crippen molar-refractivity contribution in [3.63, 3.8) is 0 Å². The molecule has 0 saturated carbocycles. The Balaban J connectivity index is 0. The van der Waals surface area contributed by atoms with Crippen molar-refractivity contribution in [2.24, 2.45) is 0 Å². The number of hydrogen-bond acceptors (Lipinski definition) is 1. The molecule has 0 bridgehead atoms. The van der Waals surface area contributed by atoms with Gasteiger partial charge in [-0.05, 0) is 10.5 Å². The van der Waals surface area contributed by atoms with Crippen LogP contribution in [0.15, 0.2) is 0 Å². The van der Waals surface area contributed by atoms with Crippen molar-refractivity contribution >= 4 is 11.8 Å². The van der Waals surface area contributed by atoms with Gasteiger partial charge in [0.1, 0.15) is 0 Å². The largest absolute Gasteiger partial charge is 0.156 e. The van der Waals surface area contributed by atoms with Crippen LogP contribution in [-0.2, 0) is 17.1 Å². The van der Waals surface area contributed by atoms with Crippen molar-refractivity contribution in [2.45, 2.75) is 38.2 Å². The first-order valence-corrected chi connectivity index (χ1v) is 3.72. The third-order valence-electron chi connectivity index (χ3n) is 0.544. The van der Waals surface area contributed by atoms with E-state index in [9.17, 15) is 0 Å². The van der Waals surface area contributed by atoms with Gasteiger partial charge in [0.25, 0.3) is 0 Å². The molecule has 0 heterocycles. The van der Waals surface area contributed by atoms with Gasteiger partial charge in [0, 0.05) is 17.1 Å². The summed E-state index contributed by atoms with van der Waals surface area (Å²) in [6.45, 7) is 8.91. The zero-order chi connectivity index (χ0) is 5.86. The Labute approximate surface area is 67.3 Å². The summed E-state index contributed by atoms with van der Waals surface area (Å²) in [5.74, 6) is 0. The molecule has 0 aliphatic heterocycles. The van der Waals surface area contributed by atoms with Crippen molar-refractivity contribution in [1.29, 1.82) is 0 Å². The van der Waals surface area contributed by atoms with Crippen LogP contribution >= 0.6 is 11.8 Å². The van der Waals surface area contributed by atoms with E-state index in [2.05, 4.69) is 27.7 Å². The molecule has 0 aliphatic carbocycles. The summed E-state index contributed by atoms with van der Waals surface area (Å²) in [4.78, 5) is 0. The van der Waals surface area contributed by atoms with Crippen LogP contribution in [0.2, 0.25) is 0 Å². The minimum absolute atomic E-state index is 0. The number of rotatable bonds is 2. The predicted octanol–water partition coefficient (Wildman–Crippen LogP) is 2.53. The number of hydrogen-bond donors (Lipinski definition) is 0. The van der Waals surface area contributed by atoms with E-state index in [1.807, 2.05) is 11.8 Å². The maximum absolute atomic E-state index is 2.23. The quantitative estimate of drug-likeness (QED) is 0.591. The second-order valence-corrected chi connectivity index (χ2v) is 4.39. The van der Waals surface area contributed by atoms with E-state index in [0.29, 0.717) is 0 Å². The molecule has 0 spiro atoms. The van der Waals surface area contributed by atoms with Gasteiger partial charge in [-0.3, -0.25) is 0 Å². The predicted molar refractivity (Wildman–Crippen MR) is 37.9 cm³/mol. The summed E-state index contributed by atoms with van der Waals surface area (Å²) in [7, 11) is 0. The Bertz CT molecular complexity index is 37.8. The molecule has 0 atom stereocenters. The molecule has 0 fully saturated rings. The molecule has 0 nitrogen and oxygen atoms in total. The summed E-state index contributed by atoms with van der Waals surface area (Å²) >= 11 is 2.01. The van der Waals surface area contributed by atoms with Crippen molar-refractivity contribution < 1.29 is 17.1 Å². The normalized spacial score (nSPS) is 9.75. The number of thioether (sulfide) groups is 1. The average molecular weight is 182 g/mol. The first-order valence-electron chi connectivity index (χ1n) is 2.78. The molecule has 8 heavy (non-hydrogen) atoms. The van der Waals surface area contributed by atoms with E-state index >= 15 is 0 Å². The summed E-state index contributed by atoms with van der Waals surface area (Å²) in [5, 5.41) is 1.58. The van der Waals surface area contributed by atoms with Crippen molar-refractivity contribution in [3.05, 3.63) is 0 Å². The van der Waals surface area contributed by atoms with Crippen LogP contribution in [0.4, 0.5) is 0 Å². The molecule has 0 aromatic heterocycles. The summed E-state index contributed by atoms with van der Waals surface area (Å²) in [5.41, 5.74) is 0. The van der Waals surface area contributed by atoms with Gasteiger partial charge in [-0.15, -0.1) is 0 Å². The summed E-state index contributed by atoms with van der Waals surface area (Å²) in [6.07, 6.45) is 0. The van der Waals surface area contributed by atoms with E-state index in [-0.39, 0.29) is 17.1 Å². The van der Waals surface area contributed by atoms with Crippen LogP contribution in [0.1, 0.15) is 27.7 Å². The zero-order valence-electron chi connectivity index (χ0n) is 5.86. The fraction of sp³-hybridized carbons (Fsp3) is 1.00. The molecule has 0 rings (SSSR count).